The van der Waals surface area contributed by atoms with Gasteiger partial charge in [0, 0.05) is 24.1 Å². The molecule has 0 fully saturated rings. The number of carbonyl (C=O) groups excluding carboxylic acids is 1. The molecule has 0 aliphatic carbocycles. The fourth-order valence-corrected chi connectivity index (χ4v) is 2.52. The molecule has 0 saturated heterocycles. The SMILES string of the molecule is COc1ccc2c(C(=O)NCCc3ccc(F)cc3)cc(=O)oc2c1. The summed E-state index contributed by atoms with van der Waals surface area (Å²) in [6, 6.07) is 12.2. The van der Waals surface area contributed by atoms with Crippen LogP contribution in [0.1, 0.15) is 15.9 Å². The first-order chi connectivity index (χ1) is 12.1. The van der Waals surface area contributed by atoms with Gasteiger partial charge in [-0.15, -0.1) is 0 Å². The van der Waals surface area contributed by atoms with Crippen molar-refractivity contribution in [3.05, 3.63) is 75.9 Å². The number of rotatable bonds is 5. The summed E-state index contributed by atoms with van der Waals surface area (Å²) in [5, 5.41) is 3.29. The maximum Gasteiger partial charge on any atom is 0.337 e. The van der Waals surface area contributed by atoms with Gasteiger partial charge in [-0.1, -0.05) is 12.1 Å². The van der Waals surface area contributed by atoms with E-state index in [-0.39, 0.29) is 22.9 Å². The van der Waals surface area contributed by atoms with E-state index in [1.807, 2.05) is 0 Å². The lowest BCUT2D eigenvalue weighted by molar-refractivity contribution is 0.0955. The van der Waals surface area contributed by atoms with E-state index in [0.29, 0.717) is 24.1 Å². The molecule has 0 saturated carbocycles. The number of methoxy groups -OCH3 is 1. The highest BCUT2D eigenvalue weighted by molar-refractivity contribution is 6.05. The first-order valence-corrected chi connectivity index (χ1v) is 7.71. The first-order valence-electron chi connectivity index (χ1n) is 7.71. The van der Waals surface area contributed by atoms with Crippen LogP contribution in [-0.4, -0.2) is 19.6 Å². The lowest BCUT2D eigenvalue weighted by atomic mass is 10.1. The van der Waals surface area contributed by atoms with Gasteiger partial charge in [0.25, 0.3) is 5.91 Å². The van der Waals surface area contributed by atoms with Crippen LogP contribution in [0.4, 0.5) is 4.39 Å². The van der Waals surface area contributed by atoms with E-state index in [2.05, 4.69) is 5.32 Å². The van der Waals surface area contributed by atoms with Gasteiger partial charge in [-0.25, -0.2) is 9.18 Å². The summed E-state index contributed by atoms with van der Waals surface area (Å²) in [4.78, 5) is 24.1. The standard InChI is InChI=1S/C19H16FNO4/c1-24-14-6-7-15-16(11-18(22)25-17(15)10-14)19(23)21-9-8-12-2-4-13(20)5-3-12/h2-7,10-11H,8-9H2,1H3,(H,21,23). The largest absolute Gasteiger partial charge is 0.497 e. The van der Waals surface area contributed by atoms with Crippen LogP contribution in [0, 0.1) is 5.82 Å². The van der Waals surface area contributed by atoms with Crippen molar-refractivity contribution in [2.24, 2.45) is 0 Å². The van der Waals surface area contributed by atoms with E-state index < -0.39 is 5.63 Å². The zero-order valence-electron chi connectivity index (χ0n) is 13.5. The second-order valence-electron chi connectivity index (χ2n) is 5.47. The summed E-state index contributed by atoms with van der Waals surface area (Å²) in [5.41, 5.74) is 0.830. The van der Waals surface area contributed by atoms with Gasteiger partial charge in [0.2, 0.25) is 0 Å². The lowest BCUT2D eigenvalue weighted by Crippen LogP contribution is -2.26. The highest BCUT2D eigenvalue weighted by atomic mass is 19.1. The number of hydrogen-bond acceptors (Lipinski definition) is 4. The van der Waals surface area contributed by atoms with E-state index in [4.69, 9.17) is 9.15 Å². The van der Waals surface area contributed by atoms with Crippen molar-refractivity contribution >= 4 is 16.9 Å². The molecule has 1 heterocycles. The van der Waals surface area contributed by atoms with Gasteiger partial charge < -0.3 is 14.5 Å². The van der Waals surface area contributed by atoms with E-state index in [1.54, 1.807) is 30.3 Å². The van der Waals surface area contributed by atoms with Crippen molar-refractivity contribution < 1.29 is 18.3 Å². The second kappa shape index (κ2) is 7.17. The number of hydrogen-bond donors (Lipinski definition) is 1. The molecule has 25 heavy (non-hydrogen) atoms. The number of fused-ring (bicyclic) bond motifs is 1. The summed E-state index contributed by atoms with van der Waals surface area (Å²) in [7, 11) is 1.51. The second-order valence-corrected chi connectivity index (χ2v) is 5.47. The Morgan fingerprint density at radius 1 is 1.16 bits per heavy atom. The smallest absolute Gasteiger partial charge is 0.337 e. The van der Waals surface area contributed by atoms with Crippen LogP contribution in [0.25, 0.3) is 11.0 Å². The monoisotopic (exact) mass is 341 g/mol. The highest BCUT2D eigenvalue weighted by Crippen LogP contribution is 2.22. The molecule has 2 aromatic carbocycles. The van der Waals surface area contributed by atoms with Gasteiger partial charge in [-0.05, 0) is 36.2 Å². The minimum Gasteiger partial charge on any atom is -0.497 e. The number of ether oxygens (including phenoxy) is 1. The molecule has 3 aromatic rings. The Balaban J connectivity index is 1.77. The molecule has 5 nitrogen and oxygen atoms in total. The quantitative estimate of drug-likeness (QED) is 0.725. The van der Waals surface area contributed by atoms with Crippen LogP contribution in [0.15, 0.2) is 57.7 Å². The third-order valence-corrected chi connectivity index (χ3v) is 3.81. The van der Waals surface area contributed by atoms with Gasteiger partial charge in [-0.3, -0.25) is 4.79 Å². The van der Waals surface area contributed by atoms with Crippen LogP contribution in [-0.2, 0) is 6.42 Å². The fraction of sp³-hybridized carbons (Fsp3) is 0.158. The van der Waals surface area contributed by atoms with Crippen molar-refractivity contribution in [1.29, 1.82) is 0 Å². The van der Waals surface area contributed by atoms with Crippen LogP contribution in [0.5, 0.6) is 5.75 Å². The Kier molecular flexibility index (Phi) is 4.79. The zero-order valence-corrected chi connectivity index (χ0v) is 13.5. The van der Waals surface area contributed by atoms with Gasteiger partial charge in [0.05, 0.1) is 12.7 Å². The predicted molar refractivity (Wildman–Crippen MR) is 91.5 cm³/mol. The third kappa shape index (κ3) is 3.85. The summed E-state index contributed by atoms with van der Waals surface area (Å²) >= 11 is 0. The molecule has 0 atom stereocenters. The van der Waals surface area contributed by atoms with Crippen molar-refractivity contribution in [2.45, 2.75) is 6.42 Å². The van der Waals surface area contributed by atoms with Crippen LogP contribution >= 0.6 is 0 Å². The molecule has 0 radical (unpaired) electrons. The number of nitrogens with one attached hydrogen (secondary N) is 1. The Morgan fingerprint density at radius 3 is 2.64 bits per heavy atom. The minimum absolute atomic E-state index is 0.244. The van der Waals surface area contributed by atoms with Crippen LogP contribution in [0.2, 0.25) is 0 Å². The Hall–Kier alpha value is -3.15. The predicted octanol–water partition coefficient (Wildman–Crippen LogP) is 2.91. The molecular weight excluding hydrogens is 325 g/mol. The first kappa shape index (κ1) is 16.7. The van der Waals surface area contributed by atoms with Crippen molar-refractivity contribution in [3.63, 3.8) is 0 Å². The summed E-state index contributed by atoms with van der Waals surface area (Å²) < 4.78 is 23.1. The Morgan fingerprint density at radius 2 is 1.92 bits per heavy atom. The van der Waals surface area contributed by atoms with Gasteiger partial charge in [-0.2, -0.15) is 0 Å². The summed E-state index contributed by atoms with van der Waals surface area (Å²) in [6.07, 6.45) is 0.555. The topological polar surface area (TPSA) is 68.5 Å². The summed E-state index contributed by atoms with van der Waals surface area (Å²) in [5.74, 6) is -0.139. The molecule has 0 bridgehead atoms. The number of benzene rings is 2. The maximum absolute atomic E-state index is 12.9. The highest BCUT2D eigenvalue weighted by Gasteiger charge is 2.13. The lowest BCUT2D eigenvalue weighted by Gasteiger charge is -2.08. The molecule has 0 spiro atoms. The molecular formula is C19H16FNO4. The van der Waals surface area contributed by atoms with Crippen molar-refractivity contribution in [2.75, 3.05) is 13.7 Å². The summed E-state index contributed by atoms with van der Waals surface area (Å²) in [6.45, 7) is 0.363. The molecule has 0 unspecified atom stereocenters. The molecule has 3 rings (SSSR count). The van der Waals surface area contributed by atoms with Gasteiger partial charge in [0.1, 0.15) is 17.1 Å². The molecule has 1 amide bonds. The molecule has 0 aliphatic heterocycles. The third-order valence-electron chi connectivity index (χ3n) is 3.81. The zero-order chi connectivity index (χ0) is 17.8. The molecule has 1 N–H and O–H groups in total. The van der Waals surface area contributed by atoms with E-state index in [0.717, 1.165) is 5.56 Å². The molecule has 1 aromatic heterocycles. The number of halogens is 1. The van der Waals surface area contributed by atoms with Crippen LogP contribution < -0.4 is 15.7 Å². The molecule has 6 heteroatoms. The van der Waals surface area contributed by atoms with E-state index in [9.17, 15) is 14.0 Å². The van der Waals surface area contributed by atoms with Gasteiger partial charge >= 0.3 is 5.63 Å². The van der Waals surface area contributed by atoms with Gasteiger partial charge in [0.15, 0.2) is 0 Å². The normalized spacial score (nSPS) is 10.6. The van der Waals surface area contributed by atoms with Crippen molar-refractivity contribution in [1.82, 2.24) is 5.32 Å². The number of amides is 1. The van der Waals surface area contributed by atoms with Crippen LogP contribution in [0.3, 0.4) is 0 Å². The molecule has 0 aliphatic rings. The Bertz CT molecular complexity index is 963. The van der Waals surface area contributed by atoms with E-state index >= 15 is 0 Å². The number of carbonyl (C=O) groups is 1. The Labute approximate surface area is 143 Å². The average Bonchev–Trinajstić information content (AvgIpc) is 2.62. The fourth-order valence-electron chi connectivity index (χ4n) is 2.52. The van der Waals surface area contributed by atoms with Crippen molar-refractivity contribution in [3.8, 4) is 5.75 Å². The minimum atomic E-state index is -0.607. The molecule has 128 valence electrons. The maximum atomic E-state index is 12.9. The average molecular weight is 341 g/mol. The van der Waals surface area contributed by atoms with E-state index in [1.165, 1.54) is 25.3 Å².